The van der Waals surface area contributed by atoms with Crippen molar-refractivity contribution in [2.24, 2.45) is 0 Å². The fraction of sp³-hybridized carbons (Fsp3) is 0.316. The number of fused-ring (bicyclic) bond motifs is 2. The van der Waals surface area contributed by atoms with E-state index in [-0.39, 0.29) is 19.4 Å². The molecule has 0 fully saturated rings. The number of hydrogen-bond donors (Lipinski definition) is 0. The highest BCUT2D eigenvalue weighted by molar-refractivity contribution is 5.79. The maximum absolute atomic E-state index is 12.1. The SMILES string of the molecule is O=C(CCc1ccc2c(c1)OCO2)CCc1ccc2c(c1)OCO2. The molecular weight excluding hydrogens is 308 g/mol. The zero-order valence-electron chi connectivity index (χ0n) is 13.2. The summed E-state index contributed by atoms with van der Waals surface area (Å²) in [7, 11) is 0. The van der Waals surface area contributed by atoms with Crippen LogP contribution < -0.4 is 18.9 Å². The molecule has 0 saturated carbocycles. The molecule has 2 heterocycles. The molecule has 0 saturated heterocycles. The largest absolute Gasteiger partial charge is 0.454 e. The number of aryl methyl sites for hydroxylation is 2. The van der Waals surface area contributed by atoms with Crippen LogP contribution in [0.15, 0.2) is 36.4 Å². The van der Waals surface area contributed by atoms with Crippen molar-refractivity contribution in [2.45, 2.75) is 25.7 Å². The first-order chi connectivity index (χ1) is 11.8. The van der Waals surface area contributed by atoms with Crippen LogP contribution in [0.1, 0.15) is 24.0 Å². The third-order valence-electron chi connectivity index (χ3n) is 4.26. The monoisotopic (exact) mass is 326 g/mol. The minimum absolute atomic E-state index is 0.255. The van der Waals surface area contributed by atoms with Gasteiger partial charge >= 0.3 is 0 Å². The molecule has 124 valence electrons. The summed E-state index contributed by atoms with van der Waals surface area (Å²) in [4.78, 5) is 12.1. The van der Waals surface area contributed by atoms with E-state index in [1.165, 1.54) is 0 Å². The molecule has 0 atom stereocenters. The van der Waals surface area contributed by atoms with Crippen LogP contribution in [0.5, 0.6) is 23.0 Å². The van der Waals surface area contributed by atoms with Gasteiger partial charge in [-0.15, -0.1) is 0 Å². The van der Waals surface area contributed by atoms with E-state index in [4.69, 9.17) is 18.9 Å². The topological polar surface area (TPSA) is 54.0 Å². The second-order valence-electron chi connectivity index (χ2n) is 5.91. The predicted molar refractivity (Wildman–Crippen MR) is 86.8 cm³/mol. The molecule has 2 aromatic rings. The molecular formula is C19H18O5. The Labute approximate surface area is 140 Å². The number of Topliss-reactive ketones (excluding diaryl/α,β-unsaturated/α-hetero) is 1. The Hall–Kier alpha value is -2.69. The average Bonchev–Trinajstić information content (AvgIpc) is 3.25. The number of benzene rings is 2. The first kappa shape index (κ1) is 14.9. The fourth-order valence-electron chi connectivity index (χ4n) is 2.89. The summed E-state index contributed by atoms with van der Waals surface area (Å²) in [5, 5.41) is 0. The second-order valence-corrected chi connectivity index (χ2v) is 5.91. The normalized spacial score (nSPS) is 14.0. The summed E-state index contributed by atoms with van der Waals surface area (Å²) in [5.41, 5.74) is 2.19. The summed E-state index contributed by atoms with van der Waals surface area (Å²) in [6.45, 7) is 0.542. The molecule has 0 aliphatic carbocycles. The van der Waals surface area contributed by atoms with E-state index in [9.17, 15) is 4.79 Å². The van der Waals surface area contributed by atoms with Gasteiger partial charge < -0.3 is 18.9 Å². The summed E-state index contributed by atoms with van der Waals surface area (Å²) >= 11 is 0. The van der Waals surface area contributed by atoms with Crippen LogP contribution in [0, 0.1) is 0 Å². The molecule has 2 aliphatic rings. The molecule has 2 aromatic carbocycles. The van der Waals surface area contributed by atoms with Gasteiger partial charge in [-0.25, -0.2) is 0 Å². The standard InChI is InChI=1S/C19H18O5/c20-15(5-1-13-3-7-16-18(9-13)23-11-21-16)6-2-14-4-8-17-19(10-14)24-12-22-17/h3-4,7-10H,1-2,5-6,11-12H2. The molecule has 0 spiro atoms. The van der Waals surface area contributed by atoms with E-state index >= 15 is 0 Å². The van der Waals surface area contributed by atoms with Crippen LogP contribution in [0.3, 0.4) is 0 Å². The smallest absolute Gasteiger partial charge is 0.231 e. The molecule has 5 heteroatoms. The maximum Gasteiger partial charge on any atom is 0.231 e. The lowest BCUT2D eigenvalue weighted by atomic mass is 10.0. The molecule has 0 radical (unpaired) electrons. The van der Waals surface area contributed by atoms with Crippen molar-refractivity contribution < 1.29 is 23.7 Å². The van der Waals surface area contributed by atoms with Gasteiger partial charge in [0.05, 0.1) is 0 Å². The Morgan fingerprint density at radius 2 is 1.17 bits per heavy atom. The molecule has 5 nitrogen and oxygen atoms in total. The van der Waals surface area contributed by atoms with Crippen molar-refractivity contribution in [1.82, 2.24) is 0 Å². The van der Waals surface area contributed by atoms with Gasteiger partial charge in [0, 0.05) is 12.8 Å². The van der Waals surface area contributed by atoms with Crippen LogP contribution in [0.2, 0.25) is 0 Å². The predicted octanol–water partition coefficient (Wildman–Crippen LogP) is 3.28. The maximum atomic E-state index is 12.1. The van der Waals surface area contributed by atoms with Gasteiger partial charge in [0.25, 0.3) is 0 Å². The molecule has 0 N–H and O–H groups in total. The molecule has 4 rings (SSSR count). The van der Waals surface area contributed by atoms with Crippen LogP contribution in [0.4, 0.5) is 0 Å². The van der Waals surface area contributed by atoms with Crippen molar-refractivity contribution >= 4 is 5.78 Å². The lowest BCUT2D eigenvalue weighted by Crippen LogP contribution is -2.02. The number of rotatable bonds is 6. The Balaban J connectivity index is 1.28. The number of ketones is 1. The molecule has 0 bridgehead atoms. The van der Waals surface area contributed by atoms with E-state index in [2.05, 4.69) is 0 Å². The molecule has 0 unspecified atom stereocenters. The zero-order valence-corrected chi connectivity index (χ0v) is 13.2. The lowest BCUT2D eigenvalue weighted by molar-refractivity contribution is -0.119. The van der Waals surface area contributed by atoms with Crippen molar-refractivity contribution in [3.8, 4) is 23.0 Å². The number of carbonyl (C=O) groups excluding carboxylic acids is 1. The zero-order chi connectivity index (χ0) is 16.4. The van der Waals surface area contributed by atoms with Crippen LogP contribution >= 0.6 is 0 Å². The molecule has 2 aliphatic heterocycles. The minimum atomic E-state index is 0.255. The number of carbonyl (C=O) groups is 1. The number of ether oxygens (including phenoxy) is 4. The van der Waals surface area contributed by atoms with Gasteiger partial charge in [-0.05, 0) is 48.2 Å². The number of hydrogen-bond acceptors (Lipinski definition) is 5. The summed E-state index contributed by atoms with van der Waals surface area (Å²) < 4.78 is 21.3. The van der Waals surface area contributed by atoms with E-state index in [0.717, 1.165) is 47.0 Å². The molecule has 0 aromatic heterocycles. The third-order valence-corrected chi connectivity index (χ3v) is 4.26. The van der Waals surface area contributed by atoms with Gasteiger partial charge in [-0.1, -0.05) is 12.1 Å². The van der Waals surface area contributed by atoms with E-state index < -0.39 is 0 Å². The van der Waals surface area contributed by atoms with Gasteiger partial charge in [0.2, 0.25) is 13.6 Å². The lowest BCUT2D eigenvalue weighted by Gasteiger charge is -2.05. The fourth-order valence-corrected chi connectivity index (χ4v) is 2.89. The second kappa shape index (κ2) is 6.43. The Bertz CT molecular complexity index is 705. The molecule has 24 heavy (non-hydrogen) atoms. The highest BCUT2D eigenvalue weighted by Crippen LogP contribution is 2.33. The summed E-state index contributed by atoms with van der Waals surface area (Å²) in [5.74, 6) is 3.33. The highest BCUT2D eigenvalue weighted by Gasteiger charge is 2.15. The van der Waals surface area contributed by atoms with Crippen LogP contribution in [-0.2, 0) is 17.6 Å². The minimum Gasteiger partial charge on any atom is -0.454 e. The first-order valence-corrected chi connectivity index (χ1v) is 8.07. The Morgan fingerprint density at radius 1 is 0.708 bits per heavy atom. The van der Waals surface area contributed by atoms with Crippen molar-refractivity contribution in [3.05, 3.63) is 47.5 Å². The molecule has 0 amide bonds. The van der Waals surface area contributed by atoms with Gasteiger partial charge in [0.15, 0.2) is 23.0 Å². The van der Waals surface area contributed by atoms with E-state index in [1.807, 2.05) is 36.4 Å². The van der Waals surface area contributed by atoms with Gasteiger partial charge in [-0.3, -0.25) is 4.79 Å². The van der Waals surface area contributed by atoms with E-state index in [1.54, 1.807) is 0 Å². The Morgan fingerprint density at radius 3 is 1.67 bits per heavy atom. The highest BCUT2D eigenvalue weighted by atomic mass is 16.7. The van der Waals surface area contributed by atoms with Crippen molar-refractivity contribution in [2.75, 3.05) is 13.6 Å². The van der Waals surface area contributed by atoms with Crippen molar-refractivity contribution in [1.29, 1.82) is 0 Å². The summed E-state index contributed by atoms with van der Waals surface area (Å²) in [6.07, 6.45) is 2.50. The quantitative estimate of drug-likeness (QED) is 0.815. The van der Waals surface area contributed by atoms with Crippen molar-refractivity contribution in [3.63, 3.8) is 0 Å². The average molecular weight is 326 g/mol. The Kier molecular flexibility index (Phi) is 3.99. The van der Waals surface area contributed by atoms with Gasteiger partial charge in [-0.2, -0.15) is 0 Å². The van der Waals surface area contributed by atoms with Crippen LogP contribution in [-0.4, -0.2) is 19.4 Å². The summed E-state index contributed by atoms with van der Waals surface area (Å²) in [6, 6.07) is 11.7. The van der Waals surface area contributed by atoms with E-state index in [0.29, 0.717) is 12.8 Å². The third kappa shape index (κ3) is 3.15. The van der Waals surface area contributed by atoms with Gasteiger partial charge in [0.1, 0.15) is 5.78 Å². The van der Waals surface area contributed by atoms with Crippen LogP contribution in [0.25, 0.3) is 0 Å². The first-order valence-electron chi connectivity index (χ1n) is 8.07.